The molecule has 33 heavy (non-hydrogen) atoms. The first-order chi connectivity index (χ1) is 15.9. The van der Waals surface area contributed by atoms with Gasteiger partial charge in [0, 0.05) is 0 Å². The van der Waals surface area contributed by atoms with Gasteiger partial charge in [0.1, 0.15) is 11.7 Å². The van der Waals surface area contributed by atoms with Crippen molar-refractivity contribution in [2.45, 2.75) is 17.9 Å². The number of halogens is 3. The van der Waals surface area contributed by atoms with Gasteiger partial charge < -0.3 is 9.84 Å². The average molecular weight is 448 g/mol. The molecule has 5 heteroatoms. The van der Waals surface area contributed by atoms with E-state index in [1.165, 1.54) is 12.1 Å². The Bertz CT molecular complexity index is 1050. The van der Waals surface area contributed by atoms with Gasteiger partial charge in [-0.2, -0.15) is 13.2 Å². The van der Waals surface area contributed by atoms with Crippen LogP contribution in [0, 0.1) is 0 Å². The Hall–Kier alpha value is -3.41. The fourth-order valence-electron chi connectivity index (χ4n) is 3.96. The van der Waals surface area contributed by atoms with Crippen LogP contribution in [0.1, 0.15) is 33.9 Å². The summed E-state index contributed by atoms with van der Waals surface area (Å²) in [7, 11) is 0. The fraction of sp³-hybridized carbons (Fsp3) is 0.143. The number of rotatable bonds is 7. The number of aliphatic hydroxyl groups excluding tert-OH is 1. The number of ether oxygens (including phenoxy) is 1. The number of hydrogen-bond acceptors (Lipinski definition) is 2. The molecule has 0 aliphatic heterocycles. The predicted octanol–water partition coefficient (Wildman–Crippen LogP) is 6.75. The summed E-state index contributed by atoms with van der Waals surface area (Å²) in [5.41, 5.74) is 1.21. The molecule has 4 aromatic carbocycles. The van der Waals surface area contributed by atoms with Crippen molar-refractivity contribution >= 4 is 0 Å². The molecule has 0 unspecified atom stereocenters. The SMILES string of the molecule is O[C@H](COC(c1ccccc1)(c1ccccc1)c1ccccc1)c1ccc(C(F)(F)F)cc1. The van der Waals surface area contributed by atoms with E-state index in [4.69, 9.17) is 4.74 Å². The molecule has 0 bridgehead atoms. The third-order valence-electron chi connectivity index (χ3n) is 5.62. The number of alkyl halides is 3. The molecule has 0 aliphatic rings. The van der Waals surface area contributed by atoms with Gasteiger partial charge in [-0.15, -0.1) is 0 Å². The molecule has 0 saturated carbocycles. The van der Waals surface area contributed by atoms with E-state index < -0.39 is 23.4 Å². The smallest absolute Gasteiger partial charge is 0.386 e. The van der Waals surface area contributed by atoms with Crippen LogP contribution < -0.4 is 0 Å². The zero-order chi connectivity index (χ0) is 23.3. The van der Waals surface area contributed by atoms with Crippen LogP contribution in [0.5, 0.6) is 0 Å². The minimum absolute atomic E-state index is 0.121. The average Bonchev–Trinajstić information content (AvgIpc) is 2.86. The standard InChI is InChI=1S/C28H23F3O2/c29-28(30,31)25-18-16-21(17-19-25)26(32)20-33-27(22-10-4-1-5-11-22,23-12-6-2-7-13-23)24-14-8-3-9-15-24/h1-19,26,32H,20H2/t26-/m1/s1. The highest BCUT2D eigenvalue weighted by molar-refractivity contribution is 5.47. The quantitative estimate of drug-likeness (QED) is 0.317. The maximum atomic E-state index is 12.9. The highest BCUT2D eigenvalue weighted by Crippen LogP contribution is 2.41. The molecule has 168 valence electrons. The van der Waals surface area contributed by atoms with Crippen molar-refractivity contribution < 1.29 is 23.0 Å². The van der Waals surface area contributed by atoms with Crippen molar-refractivity contribution in [2.75, 3.05) is 6.61 Å². The Kier molecular flexibility index (Phi) is 6.63. The van der Waals surface area contributed by atoms with Crippen LogP contribution in [0.15, 0.2) is 115 Å². The van der Waals surface area contributed by atoms with Gasteiger partial charge >= 0.3 is 6.18 Å². The van der Waals surface area contributed by atoms with Gasteiger partial charge in [0.2, 0.25) is 0 Å². The predicted molar refractivity (Wildman–Crippen MR) is 122 cm³/mol. The highest BCUT2D eigenvalue weighted by atomic mass is 19.4. The molecule has 0 spiro atoms. The topological polar surface area (TPSA) is 29.5 Å². The third-order valence-corrected chi connectivity index (χ3v) is 5.62. The van der Waals surface area contributed by atoms with E-state index in [0.29, 0.717) is 5.56 Å². The second-order valence-electron chi connectivity index (χ2n) is 7.73. The molecule has 1 N–H and O–H groups in total. The van der Waals surface area contributed by atoms with E-state index in [1.807, 2.05) is 91.0 Å². The summed E-state index contributed by atoms with van der Waals surface area (Å²) in [6.45, 7) is -0.121. The van der Waals surface area contributed by atoms with Crippen LogP contribution in [0.3, 0.4) is 0 Å². The van der Waals surface area contributed by atoms with Crippen LogP contribution >= 0.6 is 0 Å². The second-order valence-corrected chi connectivity index (χ2v) is 7.73. The summed E-state index contributed by atoms with van der Waals surface area (Å²) >= 11 is 0. The first-order valence-electron chi connectivity index (χ1n) is 10.6. The van der Waals surface area contributed by atoms with Gasteiger partial charge in [0.15, 0.2) is 0 Å². The Morgan fingerprint density at radius 2 is 0.970 bits per heavy atom. The van der Waals surface area contributed by atoms with Crippen molar-refractivity contribution in [3.05, 3.63) is 143 Å². The van der Waals surface area contributed by atoms with E-state index in [2.05, 4.69) is 0 Å². The highest BCUT2D eigenvalue weighted by Gasteiger charge is 2.38. The van der Waals surface area contributed by atoms with Crippen LogP contribution in [0.4, 0.5) is 13.2 Å². The lowest BCUT2D eigenvalue weighted by atomic mass is 9.80. The monoisotopic (exact) mass is 448 g/mol. The zero-order valence-electron chi connectivity index (χ0n) is 17.7. The van der Waals surface area contributed by atoms with Crippen LogP contribution in [0.2, 0.25) is 0 Å². The largest absolute Gasteiger partial charge is 0.416 e. The molecule has 0 heterocycles. The molecular weight excluding hydrogens is 425 g/mol. The molecule has 4 aromatic rings. The fourth-order valence-corrected chi connectivity index (χ4v) is 3.96. The molecule has 1 atom stereocenters. The molecule has 0 radical (unpaired) electrons. The molecule has 0 saturated heterocycles. The summed E-state index contributed by atoms with van der Waals surface area (Å²) in [5, 5.41) is 10.8. The number of benzene rings is 4. The number of aliphatic hydroxyl groups is 1. The lowest BCUT2D eigenvalue weighted by Gasteiger charge is -2.36. The minimum Gasteiger partial charge on any atom is -0.386 e. The van der Waals surface area contributed by atoms with Crippen molar-refractivity contribution in [2.24, 2.45) is 0 Å². The van der Waals surface area contributed by atoms with E-state index in [1.54, 1.807) is 0 Å². The molecule has 0 aliphatic carbocycles. The third kappa shape index (κ3) is 4.85. The van der Waals surface area contributed by atoms with Gasteiger partial charge in [-0.05, 0) is 34.4 Å². The number of hydrogen-bond donors (Lipinski definition) is 1. The first-order valence-corrected chi connectivity index (χ1v) is 10.6. The maximum Gasteiger partial charge on any atom is 0.416 e. The van der Waals surface area contributed by atoms with E-state index >= 15 is 0 Å². The molecule has 0 fully saturated rings. The Labute approximate surface area is 190 Å². The van der Waals surface area contributed by atoms with Gasteiger partial charge in [-0.1, -0.05) is 103 Å². The maximum absolute atomic E-state index is 12.9. The first kappa shape index (κ1) is 22.8. The van der Waals surface area contributed by atoms with Crippen LogP contribution in [-0.2, 0) is 16.5 Å². The molecule has 2 nitrogen and oxygen atoms in total. The van der Waals surface area contributed by atoms with E-state index in [-0.39, 0.29) is 6.61 Å². The van der Waals surface area contributed by atoms with E-state index in [0.717, 1.165) is 28.8 Å². The van der Waals surface area contributed by atoms with Gasteiger partial charge in [0.05, 0.1) is 12.2 Å². The van der Waals surface area contributed by atoms with Gasteiger partial charge in [0.25, 0.3) is 0 Å². The Morgan fingerprint density at radius 1 is 0.576 bits per heavy atom. The molecular formula is C28H23F3O2. The second kappa shape index (κ2) is 9.61. The Morgan fingerprint density at radius 3 is 1.33 bits per heavy atom. The molecule has 0 aromatic heterocycles. The summed E-state index contributed by atoms with van der Waals surface area (Å²) < 4.78 is 45.2. The van der Waals surface area contributed by atoms with Crippen molar-refractivity contribution in [1.29, 1.82) is 0 Å². The lowest BCUT2D eigenvalue weighted by Crippen LogP contribution is -2.34. The van der Waals surface area contributed by atoms with Crippen molar-refractivity contribution in [3.8, 4) is 0 Å². The normalized spacial score (nSPS) is 13.0. The summed E-state index contributed by atoms with van der Waals surface area (Å²) in [6, 6.07) is 33.6. The van der Waals surface area contributed by atoms with Gasteiger partial charge in [-0.3, -0.25) is 0 Å². The summed E-state index contributed by atoms with van der Waals surface area (Å²) in [6.07, 6.45) is -5.54. The van der Waals surface area contributed by atoms with Crippen LogP contribution in [-0.4, -0.2) is 11.7 Å². The van der Waals surface area contributed by atoms with Gasteiger partial charge in [-0.25, -0.2) is 0 Å². The lowest BCUT2D eigenvalue weighted by molar-refractivity contribution is -0.137. The molecule has 0 amide bonds. The zero-order valence-corrected chi connectivity index (χ0v) is 17.7. The minimum atomic E-state index is -4.43. The van der Waals surface area contributed by atoms with E-state index in [9.17, 15) is 18.3 Å². The van der Waals surface area contributed by atoms with Crippen molar-refractivity contribution in [3.63, 3.8) is 0 Å². The van der Waals surface area contributed by atoms with Crippen LogP contribution in [0.25, 0.3) is 0 Å². The molecule has 4 rings (SSSR count). The summed E-state index contributed by atoms with van der Waals surface area (Å²) in [4.78, 5) is 0. The Balaban J connectivity index is 1.73. The summed E-state index contributed by atoms with van der Waals surface area (Å²) in [5.74, 6) is 0. The van der Waals surface area contributed by atoms with Crippen molar-refractivity contribution in [1.82, 2.24) is 0 Å².